The third-order valence-electron chi connectivity index (χ3n) is 4.33. The number of rotatable bonds is 4. The maximum atomic E-state index is 6.05. The van der Waals surface area contributed by atoms with Crippen LogP contribution in [0.5, 0.6) is 0 Å². The van der Waals surface area contributed by atoms with Gasteiger partial charge in [0, 0.05) is 9.89 Å². The van der Waals surface area contributed by atoms with E-state index in [1.807, 2.05) is 18.2 Å². The predicted molar refractivity (Wildman–Crippen MR) is 95.4 cm³/mol. The summed E-state index contributed by atoms with van der Waals surface area (Å²) in [5.41, 5.74) is 5.88. The molecule has 0 bridgehead atoms. The van der Waals surface area contributed by atoms with E-state index in [0.29, 0.717) is 0 Å². The molecule has 0 aromatic heterocycles. The molecule has 0 nitrogen and oxygen atoms in total. The third-order valence-corrected chi connectivity index (χ3v) is 4.83. The molecule has 0 saturated carbocycles. The Morgan fingerprint density at radius 2 is 1.52 bits per heavy atom. The van der Waals surface area contributed by atoms with E-state index in [9.17, 15) is 0 Å². The minimum Gasteiger partial charge on any atom is -0.103 e. The van der Waals surface area contributed by atoms with Crippen molar-refractivity contribution in [3.8, 4) is 11.1 Å². The molecule has 0 saturated heterocycles. The summed E-state index contributed by atoms with van der Waals surface area (Å²) >= 11 is 3.60. The third kappa shape index (κ3) is 2.13. The number of hydrogen-bond donors (Lipinski definition) is 0. The monoisotopic (exact) mass is 334 g/mol. The zero-order valence-corrected chi connectivity index (χ0v) is 13.5. The summed E-state index contributed by atoms with van der Waals surface area (Å²) in [5, 5.41) is 0. The summed E-state index contributed by atoms with van der Waals surface area (Å²) in [5.74, 6) is 0. The zero-order valence-electron chi connectivity index (χ0n) is 11.9. The smallest absolute Gasteiger partial charge is 0.103 e. The van der Waals surface area contributed by atoms with Crippen LogP contribution in [0.15, 0.2) is 66.2 Å². The Kier molecular flexibility index (Phi) is 3.67. The molecule has 2 heteroatoms. The van der Waals surface area contributed by atoms with Gasteiger partial charge in [-0.2, -0.15) is 0 Å². The van der Waals surface area contributed by atoms with E-state index in [0.717, 1.165) is 22.8 Å². The van der Waals surface area contributed by atoms with Gasteiger partial charge < -0.3 is 0 Å². The van der Waals surface area contributed by atoms with Gasteiger partial charge in [-0.3, -0.25) is 0 Å². The minimum absolute atomic E-state index is 0.104. The van der Waals surface area contributed by atoms with E-state index in [-0.39, 0.29) is 5.41 Å². The van der Waals surface area contributed by atoms with Gasteiger partial charge in [0.15, 0.2) is 0 Å². The lowest BCUT2D eigenvalue weighted by Crippen LogP contribution is -2.25. The van der Waals surface area contributed by atoms with Crippen LogP contribution in [0.3, 0.4) is 0 Å². The first-order valence-electron chi connectivity index (χ1n) is 7.04. The lowest BCUT2D eigenvalue weighted by Gasteiger charge is -2.30. The molecule has 2 aromatic rings. The van der Waals surface area contributed by atoms with Gasteiger partial charge in [0.25, 0.3) is 0 Å². The molecule has 1 aliphatic rings. The Labute approximate surface area is 136 Å². The average molecular weight is 335 g/mol. The van der Waals surface area contributed by atoms with Crippen molar-refractivity contribution in [3.05, 3.63) is 77.3 Å². The molecule has 1 aliphatic carbocycles. The molecule has 0 unspecified atom stereocenters. The summed E-state index contributed by atoms with van der Waals surface area (Å²) in [6, 6.07) is 12.7. The van der Waals surface area contributed by atoms with Crippen molar-refractivity contribution in [2.45, 2.75) is 18.3 Å². The second kappa shape index (κ2) is 5.34. The molecule has 0 fully saturated rings. The Morgan fingerprint density at radius 3 is 2.14 bits per heavy atom. The van der Waals surface area contributed by atoms with Crippen LogP contribution in [0.4, 0.5) is 0 Å². The minimum atomic E-state index is -0.104. The van der Waals surface area contributed by atoms with Crippen LogP contribution in [0.1, 0.15) is 24.0 Å². The molecule has 3 rings (SSSR count). The Morgan fingerprint density at radius 1 is 0.952 bits per heavy atom. The molecule has 0 spiro atoms. The van der Waals surface area contributed by atoms with Gasteiger partial charge in [-0.25, -0.2) is 0 Å². The summed E-state index contributed by atoms with van der Waals surface area (Å²) in [6.07, 6.45) is 5.73. The van der Waals surface area contributed by atoms with Crippen molar-refractivity contribution in [1.82, 2.24) is 0 Å². The molecule has 0 heterocycles. The van der Waals surface area contributed by atoms with Crippen molar-refractivity contribution in [3.63, 3.8) is 0 Å². The largest absolute Gasteiger partial charge is 0.113 e. The van der Waals surface area contributed by atoms with E-state index in [1.54, 1.807) is 0 Å². The second-order valence-corrected chi connectivity index (χ2v) is 6.48. The van der Waals surface area contributed by atoms with Crippen LogP contribution in [0.2, 0.25) is 0 Å². The lowest BCUT2D eigenvalue weighted by molar-refractivity contribution is 0.543. The molecule has 0 aliphatic heterocycles. The van der Waals surface area contributed by atoms with Crippen molar-refractivity contribution in [1.29, 1.82) is 0 Å². The molecule has 0 N–H and O–H groups in total. The first kappa shape index (κ1) is 14.4. The number of fused-ring (bicyclic) bond motifs is 3. The first-order valence-corrected chi connectivity index (χ1v) is 7.84. The van der Waals surface area contributed by atoms with E-state index in [1.165, 1.54) is 22.3 Å². The highest BCUT2D eigenvalue weighted by molar-refractivity contribution is 9.10. The Balaban J connectivity index is 2.37. The van der Waals surface area contributed by atoms with Gasteiger partial charge in [0.05, 0.1) is 0 Å². The van der Waals surface area contributed by atoms with Crippen LogP contribution in [-0.4, -0.2) is 7.85 Å². The van der Waals surface area contributed by atoms with Gasteiger partial charge in [0.1, 0.15) is 7.85 Å². The van der Waals surface area contributed by atoms with Crippen LogP contribution in [-0.2, 0) is 5.41 Å². The van der Waals surface area contributed by atoms with Crippen molar-refractivity contribution >= 4 is 29.2 Å². The zero-order chi connectivity index (χ0) is 15.0. The quantitative estimate of drug-likeness (QED) is 0.563. The Bertz CT molecular complexity index is 667. The van der Waals surface area contributed by atoms with E-state index in [4.69, 9.17) is 7.85 Å². The summed E-state index contributed by atoms with van der Waals surface area (Å²) in [7, 11) is 6.05. The second-order valence-electron chi connectivity index (χ2n) is 5.56. The highest BCUT2D eigenvalue weighted by Crippen LogP contribution is 2.53. The van der Waals surface area contributed by atoms with E-state index >= 15 is 0 Å². The van der Waals surface area contributed by atoms with Gasteiger partial charge in [0.2, 0.25) is 0 Å². The fourth-order valence-corrected chi connectivity index (χ4v) is 3.86. The standard InChI is InChI=1S/C19H16BBr/c1-3-9-19(10-4-2)17-11-13(20)5-7-15(17)16-8-6-14(21)12-18(16)19/h3-8,11-12H,1-2,9-10H2. The van der Waals surface area contributed by atoms with Gasteiger partial charge in [-0.05, 0) is 47.2 Å². The molecular weight excluding hydrogens is 319 g/mol. The summed E-state index contributed by atoms with van der Waals surface area (Å²) < 4.78 is 1.10. The van der Waals surface area contributed by atoms with Crippen LogP contribution < -0.4 is 5.46 Å². The number of halogens is 1. The fourth-order valence-electron chi connectivity index (χ4n) is 3.50. The SMILES string of the molecule is [B]c1ccc2c(c1)C(CC=C)(CC=C)c1cc(Br)ccc1-2. The number of hydrogen-bond acceptors (Lipinski definition) is 0. The fraction of sp³-hybridized carbons (Fsp3) is 0.158. The molecule has 0 amide bonds. The van der Waals surface area contributed by atoms with Crippen LogP contribution >= 0.6 is 15.9 Å². The topological polar surface area (TPSA) is 0 Å². The predicted octanol–water partition coefficient (Wildman–Crippen LogP) is 4.66. The molecular formula is C19H16BBr. The molecule has 102 valence electrons. The summed E-state index contributed by atoms with van der Waals surface area (Å²) in [6.45, 7) is 7.93. The number of benzene rings is 2. The van der Waals surface area contributed by atoms with Crippen LogP contribution in [0, 0.1) is 0 Å². The highest BCUT2D eigenvalue weighted by Gasteiger charge is 2.41. The maximum Gasteiger partial charge on any atom is 0.113 e. The van der Waals surface area contributed by atoms with Crippen molar-refractivity contribution in [2.75, 3.05) is 0 Å². The summed E-state index contributed by atoms with van der Waals surface area (Å²) in [4.78, 5) is 0. The molecule has 21 heavy (non-hydrogen) atoms. The normalized spacial score (nSPS) is 14.3. The van der Waals surface area contributed by atoms with Gasteiger partial charge in [-0.15, -0.1) is 13.2 Å². The molecule has 2 radical (unpaired) electrons. The molecule has 2 aromatic carbocycles. The van der Waals surface area contributed by atoms with Gasteiger partial charge in [-0.1, -0.05) is 57.8 Å². The van der Waals surface area contributed by atoms with E-state index in [2.05, 4.69) is 59.4 Å². The first-order chi connectivity index (χ1) is 10.1. The number of allylic oxidation sites excluding steroid dienone is 2. The van der Waals surface area contributed by atoms with Crippen LogP contribution in [0.25, 0.3) is 11.1 Å². The highest BCUT2D eigenvalue weighted by atomic mass is 79.9. The lowest BCUT2D eigenvalue weighted by atomic mass is 9.72. The average Bonchev–Trinajstić information content (AvgIpc) is 2.70. The van der Waals surface area contributed by atoms with Crippen molar-refractivity contribution in [2.24, 2.45) is 0 Å². The van der Waals surface area contributed by atoms with Gasteiger partial charge >= 0.3 is 0 Å². The molecule has 0 atom stereocenters. The maximum absolute atomic E-state index is 6.05. The van der Waals surface area contributed by atoms with Crippen molar-refractivity contribution < 1.29 is 0 Å². The van der Waals surface area contributed by atoms with E-state index < -0.39 is 0 Å². The Hall–Kier alpha value is -1.54.